The minimum atomic E-state index is -0.947. The fourth-order valence-corrected chi connectivity index (χ4v) is 1.70. The molecule has 0 atom stereocenters. The number of hydrogen-bond donors (Lipinski definition) is 1. The second-order valence-corrected chi connectivity index (χ2v) is 4.60. The molecule has 0 aliphatic rings. The lowest BCUT2D eigenvalue weighted by Gasteiger charge is -2.02. The molecule has 4 nitrogen and oxygen atoms in total. The van der Waals surface area contributed by atoms with Crippen LogP contribution in [-0.2, 0) is 4.79 Å². The summed E-state index contributed by atoms with van der Waals surface area (Å²) in [6.45, 7) is 4.21. The van der Waals surface area contributed by atoms with Crippen molar-refractivity contribution < 1.29 is 9.90 Å². The van der Waals surface area contributed by atoms with Crippen molar-refractivity contribution in [2.45, 2.75) is 19.8 Å². The van der Waals surface area contributed by atoms with Gasteiger partial charge in [0.1, 0.15) is 0 Å². The summed E-state index contributed by atoms with van der Waals surface area (Å²) >= 11 is 0. The van der Waals surface area contributed by atoms with Gasteiger partial charge >= 0.3 is 5.97 Å². The topological polar surface area (TPSA) is 55.1 Å². The Hall–Kier alpha value is -2.36. The van der Waals surface area contributed by atoms with Crippen LogP contribution in [0.4, 0.5) is 0 Å². The summed E-state index contributed by atoms with van der Waals surface area (Å²) in [5.41, 5.74) is 2.86. The fourth-order valence-electron chi connectivity index (χ4n) is 1.70. The van der Waals surface area contributed by atoms with Crippen LogP contribution in [0.5, 0.6) is 0 Å². The average molecular weight is 256 g/mol. The number of carboxylic acid groups (broad SMARTS) is 1. The van der Waals surface area contributed by atoms with E-state index in [0.717, 1.165) is 23.0 Å². The third-order valence-electron chi connectivity index (χ3n) is 2.78. The van der Waals surface area contributed by atoms with Crippen molar-refractivity contribution >= 4 is 12.0 Å². The summed E-state index contributed by atoms with van der Waals surface area (Å²) < 4.78 is 1.82. The summed E-state index contributed by atoms with van der Waals surface area (Å²) in [5, 5.41) is 13.0. The van der Waals surface area contributed by atoms with E-state index in [1.54, 1.807) is 6.08 Å². The van der Waals surface area contributed by atoms with Crippen LogP contribution in [0.2, 0.25) is 0 Å². The Morgan fingerprint density at radius 2 is 1.95 bits per heavy atom. The van der Waals surface area contributed by atoms with Crippen LogP contribution >= 0.6 is 0 Å². The lowest BCUT2D eigenvalue weighted by Crippen LogP contribution is -1.97. The van der Waals surface area contributed by atoms with E-state index in [2.05, 4.69) is 18.9 Å². The zero-order valence-corrected chi connectivity index (χ0v) is 10.9. The number of aliphatic carboxylic acids is 1. The van der Waals surface area contributed by atoms with Crippen molar-refractivity contribution in [3.8, 4) is 5.69 Å². The highest BCUT2D eigenvalue weighted by Crippen LogP contribution is 2.15. The van der Waals surface area contributed by atoms with E-state index in [0.29, 0.717) is 5.92 Å². The molecule has 1 N–H and O–H groups in total. The van der Waals surface area contributed by atoms with Crippen LogP contribution < -0.4 is 0 Å². The molecule has 0 radical (unpaired) electrons. The van der Waals surface area contributed by atoms with Crippen molar-refractivity contribution in [3.63, 3.8) is 0 Å². The van der Waals surface area contributed by atoms with Gasteiger partial charge in [0.2, 0.25) is 0 Å². The van der Waals surface area contributed by atoms with Gasteiger partial charge < -0.3 is 5.11 Å². The maximum atomic E-state index is 10.4. The zero-order chi connectivity index (χ0) is 13.8. The molecule has 0 fully saturated rings. The van der Waals surface area contributed by atoms with Crippen molar-refractivity contribution in [3.05, 3.63) is 53.9 Å². The maximum Gasteiger partial charge on any atom is 0.328 e. The Balaban J connectivity index is 2.19. The number of hydrogen-bond acceptors (Lipinski definition) is 2. The lowest BCUT2D eigenvalue weighted by molar-refractivity contribution is -0.131. The van der Waals surface area contributed by atoms with Crippen LogP contribution in [0, 0.1) is 0 Å². The standard InChI is InChI=1S/C15H16N2O2/c1-11(2)14-9-10-17(16-14)13-6-3-12(4-7-13)5-8-15(18)19/h3-11H,1-2H3,(H,18,19)/b8-5+. The van der Waals surface area contributed by atoms with Crippen LogP contribution in [-0.4, -0.2) is 20.9 Å². The van der Waals surface area contributed by atoms with E-state index in [-0.39, 0.29) is 0 Å². The molecular weight excluding hydrogens is 240 g/mol. The highest BCUT2D eigenvalue weighted by atomic mass is 16.4. The smallest absolute Gasteiger partial charge is 0.328 e. The molecule has 1 heterocycles. The molecule has 98 valence electrons. The molecule has 0 aliphatic heterocycles. The van der Waals surface area contributed by atoms with Crippen LogP contribution in [0.25, 0.3) is 11.8 Å². The number of aromatic nitrogens is 2. The van der Waals surface area contributed by atoms with Crippen LogP contribution in [0.15, 0.2) is 42.6 Å². The molecule has 0 spiro atoms. The average Bonchev–Trinajstić information content (AvgIpc) is 2.86. The number of benzene rings is 1. The van der Waals surface area contributed by atoms with Gasteiger partial charge in [0, 0.05) is 12.3 Å². The number of rotatable bonds is 4. The van der Waals surface area contributed by atoms with E-state index in [9.17, 15) is 4.79 Å². The second kappa shape index (κ2) is 5.52. The summed E-state index contributed by atoms with van der Waals surface area (Å²) in [7, 11) is 0. The van der Waals surface area contributed by atoms with Gasteiger partial charge in [-0.05, 0) is 35.8 Å². The Morgan fingerprint density at radius 3 is 2.47 bits per heavy atom. The normalized spacial score (nSPS) is 11.3. The van der Waals surface area contributed by atoms with Gasteiger partial charge in [0.25, 0.3) is 0 Å². The molecular formula is C15H16N2O2. The van der Waals surface area contributed by atoms with Crippen molar-refractivity contribution in [1.82, 2.24) is 9.78 Å². The number of nitrogens with zero attached hydrogens (tertiary/aromatic N) is 2. The van der Waals surface area contributed by atoms with E-state index >= 15 is 0 Å². The van der Waals surface area contributed by atoms with Gasteiger partial charge in [-0.2, -0.15) is 5.10 Å². The first kappa shape index (κ1) is 13.1. The first-order valence-corrected chi connectivity index (χ1v) is 6.13. The molecule has 19 heavy (non-hydrogen) atoms. The summed E-state index contributed by atoms with van der Waals surface area (Å²) in [5.74, 6) is -0.545. The molecule has 0 amide bonds. The predicted octanol–water partition coefficient (Wildman–Crippen LogP) is 3.09. The predicted molar refractivity (Wildman–Crippen MR) is 74.3 cm³/mol. The molecule has 0 saturated carbocycles. The van der Waals surface area contributed by atoms with Gasteiger partial charge in [-0.15, -0.1) is 0 Å². The monoisotopic (exact) mass is 256 g/mol. The largest absolute Gasteiger partial charge is 0.478 e. The molecule has 1 aromatic heterocycles. The minimum Gasteiger partial charge on any atom is -0.478 e. The highest BCUT2D eigenvalue weighted by molar-refractivity contribution is 5.85. The molecule has 0 unspecified atom stereocenters. The number of carboxylic acids is 1. The van der Waals surface area contributed by atoms with E-state index < -0.39 is 5.97 Å². The van der Waals surface area contributed by atoms with Gasteiger partial charge in [-0.1, -0.05) is 26.0 Å². The van der Waals surface area contributed by atoms with Crippen molar-refractivity contribution in [1.29, 1.82) is 0 Å². The Morgan fingerprint density at radius 1 is 1.26 bits per heavy atom. The minimum absolute atomic E-state index is 0.402. The molecule has 2 rings (SSSR count). The number of carbonyl (C=O) groups is 1. The molecule has 0 aliphatic carbocycles. The Bertz CT molecular complexity index is 595. The third kappa shape index (κ3) is 3.31. The van der Waals surface area contributed by atoms with E-state index in [1.807, 2.05) is 41.2 Å². The zero-order valence-electron chi connectivity index (χ0n) is 10.9. The van der Waals surface area contributed by atoms with E-state index in [1.165, 1.54) is 0 Å². The first-order chi connectivity index (χ1) is 9.06. The van der Waals surface area contributed by atoms with Gasteiger partial charge in [-0.25, -0.2) is 9.48 Å². The van der Waals surface area contributed by atoms with Crippen molar-refractivity contribution in [2.24, 2.45) is 0 Å². The van der Waals surface area contributed by atoms with Gasteiger partial charge in [0.05, 0.1) is 11.4 Å². The SMILES string of the molecule is CC(C)c1ccn(-c2ccc(/C=C/C(=O)O)cc2)n1. The van der Waals surface area contributed by atoms with Gasteiger partial charge in [-0.3, -0.25) is 0 Å². The van der Waals surface area contributed by atoms with Crippen molar-refractivity contribution in [2.75, 3.05) is 0 Å². The molecule has 2 aromatic rings. The quantitative estimate of drug-likeness (QED) is 0.855. The highest BCUT2D eigenvalue weighted by Gasteiger charge is 2.04. The molecule has 1 aromatic carbocycles. The van der Waals surface area contributed by atoms with Crippen LogP contribution in [0.1, 0.15) is 31.0 Å². The molecule has 4 heteroatoms. The third-order valence-corrected chi connectivity index (χ3v) is 2.78. The first-order valence-electron chi connectivity index (χ1n) is 6.13. The maximum absolute atomic E-state index is 10.4. The van der Waals surface area contributed by atoms with Gasteiger partial charge in [0.15, 0.2) is 0 Å². The fraction of sp³-hybridized carbons (Fsp3) is 0.200. The van der Waals surface area contributed by atoms with E-state index in [4.69, 9.17) is 5.11 Å². The lowest BCUT2D eigenvalue weighted by atomic mass is 10.1. The van der Waals surface area contributed by atoms with Crippen LogP contribution in [0.3, 0.4) is 0 Å². The summed E-state index contributed by atoms with van der Waals surface area (Å²) in [6, 6.07) is 9.57. The molecule has 0 saturated heterocycles. The summed E-state index contributed by atoms with van der Waals surface area (Å²) in [6.07, 6.45) is 4.62. The Kier molecular flexibility index (Phi) is 3.80. The Labute approximate surface area is 112 Å². The molecule has 0 bridgehead atoms. The summed E-state index contributed by atoms with van der Waals surface area (Å²) in [4.78, 5) is 10.4. The second-order valence-electron chi connectivity index (χ2n) is 4.60.